The highest BCUT2D eigenvalue weighted by Crippen LogP contribution is 2.47. The fourth-order valence-corrected chi connectivity index (χ4v) is 6.40. The molecule has 2 aromatic heterocycles. The predicted molar refractivity (Wildman–Crippen MR) is 133 cm³/mol. The zero-order valence-corrected chi connectivity index (χ0v) is 20.7. The molecule has 2 N–H and O–H groups in total. The minimum atomic E-state index is -0.527. The van der Waals surface area contributed by atoms with Crippen LogP contribution in [-0.2, 0) is 12.8 Å². The third-order valence-corrected chi connectivity index (χ3v) is 8.77. The number of nitro benzene ring substituents is 1. The summed E-state index contributed by atoms with van der Waals surface area (Å²) in [7, 11) is 0. The van der Waals surface area contributed by atoms with Crippen molar-refractivity contribution >= 4 is 27.9 Å². The van der Waals surface area contributed by atoms with Gasteiger partial charge in [0.15, 0.2) is 6.17 Å². The van der Waals surface area contributed by atoms with Crippen molar-refractivity contribution in [1.29, 1.82) is 0 Å². The summed E-state index contributed by atoms with van der Waals surface area (Å²) in [5.74, 6) is 1.43. The van der Waals surface area contributed by atoms with Gasteiger partial charge in [-0.25, -0.2) is 0 Å². The number of nitrogens with zero attached hydrogens (tertiary/aromatic N) is 1. The molecule has 1 aromatic carbocycles. The standard InChI is InChI=1S/C26H29N3O4S/c1-5-26(3,4)15-7-9-17-21(13-15)34-25-22(17)24(30)27-23(28-25)20-11-10-19(33-20)16-8-6-14(2)12-18(16)29(31)32/h6,8,10-12,15,23,28H,5,7,9,13H2,1-4H3,(H,27,30)/t15-,23-/m0/s1. The molecule has 7 nitrogen and oxygen atoms in total. The van der Waals surface area contributed by atoms with E-state index in [0.717, 1.165) is 41.8 Å². The van der Waals surface area contributed by atoms with Crippen LogP contribution in [0.4, 0.5) is 10.7 Å². The van der Waals surface area contributed by atoms with Crippen LogP contribution in [0.1, 0.15) is 71.9 Å². The Morgan fingerprint density at radius 3 is 2.76 bits per heavy atom. The van der Waals surface area contributed by atoms with Crippen molar-refractivity contribution in [3.8, 4) is 11.3 Å². The van der Waals surface area contributed by atoms with E-state index in [2.05, 4.69) is 31.4 Å². The van der Waals surface area contributed by atoms with Gasteiger partial charge in [-0.1, -0.05) is 33.3 Å². The lowest BCUT2D eigenvalue weighted by molar-refractivity contribution is -0.384. The van der Waals surface area contributed by atoms with E-state index in [-0.39, 0.29) is 17.0 Å². The van der Waals surface area contributed by atoms with Crippen LogP contribution in [0, 0.1) is 28.4 Å². The summed E-state index contributed by atoms with van der Waals surface area (Å²) in [6.45, 7) is 8.74. The summed E-state index contributed by atoms with van der Waals surface area (Å²) >= 11 is 1.68. The summed E-state index contributed by atoms with van der Waals surface area (Å²) in [5.41, 5.74) is 3.46. The minimum absolute atomic E-state index is 0.000634. The smallest absolute Gasteiger partial charge is 0.280 e. The Kier molecular flexibility index (Phi) is 5.51. The second-order valence-corrected chi connectivity index (χ2v) is 11.1. The van der Waals surface area contributed by atoms with E-state index in [0.29, 0.717) is 23.0 Å². The molecule has 0 radical (unpaired) electrons. The number of thiophene rings is 1. The number of furan rings is 1. The van der Waals surface area contributed by atoms with Crippen LogP contribution in [0.25, 0.3) is 11.3 Å². The van der Waals surface area contributed by atoms with Gasteiger partial charge in [0.25, 0.3) is 11.6 Å². The van der Waals surface area contributed by atoms with E-state index >= 15 is 0 Å². The molecular formula is C26H29N3O4S. The molecule has 1 aliphatic heterocycles. The first-order valence-electron chi connectivity index (χ1n) is 11.7. The molecule has 34 heavy (non-hydrogen) atoms. The zero-order chi connectivity index (χ0) is 24.2. The monoisotopic (exact) mass is 479 g/mol. The van der Waals surface area contributed by atoms with Gasteiger partial charge in [-0.2, -0.15) is 0 Å². The molecule has 1 aliphatic carbocycles. The number of carbonyl (C=O) groups is 1. The first kappa shape index (κ1) is 22.7. The van der Waals surface area contributed by atoms with Crippen LogP contribution in [0.2, 0.25) is 0 Å². The Balaban J connectivity index is 1.42. The third-order valence-electron chi connectivity index (χ3n) is 7.59. The fraction of sp³-hybridized carbons (Fsp3) is 0.423. The van der Waals surface area contributed by atoms with Crippen molar-refractivity contribution in [2.24, 2.45) is 11.3 Å². The number of fused-ring (bicyclic) bond motifs is 3. The minimum Gasteiger partial charge on any atom is -0.457 e. The summed E-state index contributed by atoms with van der Waals surface area (Å²) in [6.07, 6.45) is 3.65. The molecule has 8 heteroatoms. The lowest BCUT2D eigenvalue weighted by atomic mass is 9.69. The first-order valence-corrected chi connectivity index (χ1v) is 12.6. The van der Waals surface area contributed by atoms with E-state index in [1.165, 1.54) is 16.5 Å². The van der Waals surface area contributed by atoms with Gasteiger partial charge in [-0.15, -0.1) is 11.3 Å². The quantitative estimate of drug-likeness (QED) is 0.317. The SMILES string of the molecule is CCC(C)(C)[C@H]1CCc2c(sc3c2C(=O)N[C@H](c2ccc(-c4ccc(C)cc4[N+](=O)[O-])o2)N3)C1. The van der Waals surface area contributed by atoms with E-state index in [9.17, 15) is 14.9 Å². The Labute approximate surface area is 202 Å². The molecule has 178 valence electrons. The van der Waals surface area contributed by atoms with Crippen LogP contribution in [0.15, 0.2) is 34.7 Å². The molecule has 5 rings (SSSR count). The van der Waals surface area contributed by atoms with Crippen molar-refractivity contribution in [1.82, 2.24) is 5.32 Å². The van der Waals surface area contributed by atoms with Crippen LogP contribution < -0.4 is 10.6 Å². The molecule has 0 saturated carbocycles. The average Bonchev–Trinajstić information content (AvgIpc) is 3.43. The number of hydrogen-bond donors (Lipinski definition) is 2. The number of nitrogens with one attached hydrogen (secondary N) is 2. The van der Waals surface area contributed by atoms with Crippen molar-refractivity contribution in [3.05, 3.63) is 67.8 Å². The molecule has 1 amide bonds. The highest BCUT2D eigenvalue weighted by molar-refractivity contribution is 7.16. The maximum absolute atomic E-state index is 13.1. The van der Waals surface area contributed by atoms with Gasteiger partial charge in [0.05, 0.1) is 16.1 Å². The molecule has 0 bridgehead atoms. The first-order chi connectivity index (χ1) is 16.2. The predicted octanol–water partition coefficient (Wildman–Crippen LogP) is 6.62. The topological polar surface area (TPSA) is 97.4 Å². The van der Waals surface area contributed by atoms with Crippen molar-refractivity contribution in [2.45, 2.75) is 59.5 Å². The highest BCUT2D eigenvalue weighted by atomic mass is 32.1. The van der Waals surface area contributed by atoms with E-state index in [1.807, 2.05) is 13.0 Å². The van der Waals surface area contributed by atoms with Crippen LogP contribution in [0.5, 0.6) is 0 Å². The molecule has 2 aliphatic rings. The number of rotatable bonds is 5. The molecule has 3 aromatic rings. The average molecular weight is 480 g/mol. The van der Waals surface area contributed by atoms with Crippen LogP contribution in [-0.4, -0.2) is 10.8 Å². The molecule has 0 unspecified atom stereocenters. The van der Waals surface area contributed by atoms with Gasteiger partial charge >= 0.3 is 0 Å². The number of hydrogen-bond acceptors (Lipinski definition) is 6. The third kappa shape index (κ3) is 3.79. The van der Waals surface area contributed by atoms with E-state index < -0.39 is 11.1 Å². The van der Waals surface area contributed by atoms with Gasteiger partial charge in [0, 0.05) is 10.9 Å². The van der Waals surface area contributed by atoms with Gasteiger partial charge in [-0.3, -0.25) is 14.9 Å². The Hall–Kier alpha value is -3.13. The summed E-state index contributed by atoms with van der Waals surface area (Å²) in [4.78, 5) is 25.6. The largest absolute Gasteiger partial charge is 0.457 e. The number of anilines is 1. The lowest BCUT2D eigenvalue weighted by Crippen LogP contribution is -2.38. The molecule has 0 spiro atoms. The van der Waals surface area contributed by atoms with E-state index in [4.69, 9.17) is 4.42 Å². The normalized spacial score (nSPS) is 19.7. The fourth-order valence-electron chi connectivity index (χ4n) is 5.05. The zero-order valence-electron chi connectivity index (χ0n) is 19.9. The second kappa shape index (κ2) is 8.27. The van der Waals surface area contributed by atoms with Crippen molar-refractivity contribution in [3.63, 3.8) is 0 Å². The molecule has 3 heterocycles. The summed E-state index contributed by atoms with van der Waals surface area (Å²) < 4.78 is 6.00. The second-order valence-electron chi connectivity index (χ2n) is 10.0. The van der Waals surface area contributed by atoms with Gasteiger partial charge in [-0.05, 0) is 66.8 Å². The number of carbonyl (C=O) groups excluding carboxylic acids is 1. The number of nitro groups is 1. The van der Waals surface area contributed by atoms with Crippen LogP contribution in [0.3, 0.4) is 0 Å². The Morgan fingerprint density at radius 2 is 2.03 bits per heavy atom. The Bertz CT molecular complexity index is 1290. The maximum atomic E-state index is 13.1. The van der Waals surface area contributed by atoms with E-state index in [1.54, 1.807) is 29.5 Å². The molecule has 0 saturated heterocycles. The molecule has 0 fully saturated rings. The van der Waals surface area contributed by atoms with Gasteiger partial charge < -0.3 is 15.1 Å². The summed E-state index contributed by atoms with van der Waals surface area (Å²) in [6, 6.07) is 8.53. The van der Waals surface area contributed by atoms with Crippen molar-refractivity contribution < 1.29 is 14.1 Å². The molecule has 2 atom stereocenters. The summed E-state index contributed by atoms with van der Waals surface area (Å²) in [5, 5.41) is 18.9. The lowest BCUT2D eigenvalue weighted by Gasteiger charge is -2.36. The van der Waals surface area contributed by atoms with Gasteiger partial charge in [0.1, 0.15) is 16.5 Å². The number of benzene rings is 1. The van der Waals surface area contributed by atoms with Crippen LogP contribution >= 0.6 is 11.3 Å². The van der Waals surface area contributed by atoms with Gasteiger partial charge in [0.2, 0.25) is 0 Å². The maximum Gasteiger partial charge on any atom is 0.280 e. The highest BCUT2D eigenvalue weighted by Gasteiger charge is 2.38. The van der Waals surface area contributed by atoms with Crippen molar-refractivity contribution in [2.75, 3.05) is 5.32 Å². The molecular weight excluding hydrogens is 450 g/mol. The Morgan fingerprint density at radius 1 is 1.24 bits per heavy atom. The number of amides is 1. The number of aryl methyl sites for hydroxylation is 1.